The second-order valence-corrected chi connectivity index (χ2v) is 6.22. The molecule has 0 aliphatic carbocycles. The topological polar surface area (TPSA) is 57.2 Å². The van der Waals surface area contributed by atoms with E-state index >= 15 is 0 Å². The SMILES string of the molecule is O=S(=O)([O-])c1ccc2ccc3cccc4ccc1c2c34.[K+]. The summed E-state index contributed by atoms with van der Waals surface area (Å²) >= 11 is 0. The molecule has 98 valence electrons. The van der Waals surface area contributed by atoms with E-state index in [0.29, 0.717) is 5.39 Å². The molecule has 0 unspecified atom stereocenters. The molecule has 0 fully saturated rings. The van der Waals surface area contributed by atoms with Gasteiger partial charge in [0.25, 0.3) is 0 Å². The van der Waals surface area contributed by atoms with Crippen LogP contribution in [0.25, 0.3) is 32.3 Å². The summed E-state index contributed by atoms with van der Waals surface area (Å²) in [4.78, 5) is -0.150. The Morgan fingerprint density at radius 1 is 0.714 bits per heavy atom. The molecule has 0 saturated carbocycles. The van der Waals surface area contributed by atoms with Gasteiger partial charge in [-0.3, -0.25) is 0 Å². The molecular weight excluding hydrogens is 311 g/mol. The number of hydrogen-bond acceptors (Lipinski definition) is 3. The van der Waals surface area contributed by atoms with E-state index in [1.807, 2.05) is 36.4 Å². The van der Waals surface area contributed by atoms with Crippen molar-refractivity contribution in [1.29, 1.82) is 0 Å². The van der Waals surface area contributed by atoms with Gasteiger partial charge >= 0.3 is 51.4 Å². The summed E-state index contributed by atoms with van der Waals surface area (Å²) < 4.78 is 34.3. The van der Waals surface area contributed by atoms with Crippen molar-refractivity contribution in [2.45, 2.75) is 4.90 Å². The van der Waals surface area contributed by atoms with Gasteiger partial charge in [-0.1, -0.05) is 48.5 Å². The molecule has 0 aliphatic rings. The van der Waals surface area contributed by atoms with Crippen LogP contribution < -0.4 is 51.4 Å². The first-order chi connectivity index (χ1) is 9.55. The molecule has 21 heavy (non-hydrogen) atoms. The Balaban J connectivity index is 0.00000132. The van der Waals surface area contributed by atoms with Crippen molar-refractivity contribution < 1.29 is 64.4 Å². The van der Waals surface area contributed by atoms with Crippen LogP contribution >= 0.6 is 0 Å². The first-order valence-corrected chi connectivity index (χ1v) is 7.59. The average molecular weight is 320 g/mol. The third-order valence-corrected chi connectivity index (χ3v) is 4.65. The Kier molecular flexibility index (Phi) is 3.86. The Bertz CT molecular complexity index is 1060. The van der Waals surface area contributed by atoms with Gasteiger partial charge in [-0.15, -0.1) is 0 Å². The van der Waals surface area contributed by atoms with Gasteiger partial charge in [-0.25, -0.2) is 8.42 Å². The van der Waals surface area contributed by atoms with E-state index in [1.165, 1.54) is 6.07 Å². The molecule has 0 N–H and O–H groups in total. The Morgan fingerprint density at radius 3 is 1.86 bits per heavy atom. The fourth-order valence-electron chi connectivity index (χ4n) is 2.93. The maximum absolute atomic E-state index is 11.4. The molecule has 0 atom stereocenters. The molecule has 0 saturated heterocycles. The molecule has 3 nitrogen and oxygen atoms in total. The zero-order valence-corrected chi connectivity index (χ0v) is 15.3. The summed E-state index contributed by atoms with van der Waals surface area (Å²) in [5.41, 5.74) is 0. The number of rotatable bonds is 1. The van der Waals surface area contributed by atoms with Crippen molar-refractivity contribution in [1.82, 2.24) is 0 Å². The molecule has 0 bridgehead atoms. The van der Waals surface area contributed by atoms with Crippen molar-refractivity contribution in [3.63, 3.8) is 0 Å². The summed E-state index contributed by atoms with van der Waals surface area (Å²) in [6.45, 7) is 0. The number of benzene rings is 4. The smallest absolute Gasteiger partial charge is 0.744 e. The second kappa shape index (κ2) is 5.28. The van der Waals surface area contributed by atoms with Crippen molar-refractivity contribution in [2.75, 3.05) is 0 Å². The molecule has 4 aromatic carbocycles. The molecule has 0 aromatic heterocycles. The Hall–Kier alpha value is -0.534. The molecule has 0 aliphatic heterocycles. The minimum Gasteiger partial charge on any atom is -0.744 e. The Morgan fingerprint density at radius 2 is 1.24 bits per heavy atom. The predicted octanol–water partition coefficient (Wildman–Crippen LogP) is 0.492. The van der Waals surface area contributed by atoms with E-state index < -0.39 is 10.1 Å². The van der Waals surface area contributed by atoms with Crippen molar-refractivity contribution in [2.24, 2.45) is 0 Å². The van der Waals surface area contributed by atoms with Gasteiger partial charge in [0.15, 0.2) is 0 Å². The summed E-state index contributed by atoms with van der Waals surface area (Å²) in [7, 11) is -4.48. The average Bonchev–Trinajstić information content (AvgIpc) is 2.43. The first kappa shape index (κ1) is 15.4. The zero-order valence-electron chi connectivity index (χ0n) is 11.3. The van der Waals surface area contributed by atoms with E-state index in [0.717, 1.165) is 26.9 Å². The first-order valence-electron chi connectivity index (χ1n) is 6.18. The molecule has 4 aromatic rings. The summed E-state index contributed by atoms with van der Waals surface area (Å²) in [5, 5.41) is 5.38. The molecular formula is C16H9KO3S. The van der Waals surface area contributed by atoms with Gasteiger partial charge in [0.05, 0.1) is 4.90 Å². The van der Waals surface area contributed by atoms with Crippen LogP contribution in [0.4, 0.5) is 0 Å². The molecule has 0 amide bonds. The molecule has 0 radical (unpaired) electrons. The fraction of sp³-hybridized carbons (Fsp3) is 0. The van der Waals surface area contributed by atoms with Gasteiger partial charge < -0.3 is 4.55 Å². The standard InChI is InChI=1S/C16H10O3S.K/c17-20(18,19)14-9-7-12-5-4-10-2-1-3-11-6-8-13(14)16(12)15(10)11;/h1-9H,(H,17,18,19);/q;+1/p-1. The van der Waals surface area contributed by atoms with Crippen molar-refractivity contribution in [3.05, 3.63) is 54.6 Å². The molecule has 0 heterocycles. The number of hydrogen-bond donors (Lipinski definition) is 0. The minimum absolute atomic E-state index is 0. The van der Waals surface area contributed by atoms with Gasteiger partial charge in [-0.05, 0) is 33.0 Å². The van der Waals surface area contributed by atoms with Crippen LogP contribution in [0, 0.1) is 0 Å². The van der Waals surface area contributed by atoms with E-state index in [9.17, 15) is 13.0 Å². The van der Waals surface area contributed by atoms with Crippen molar-refractivity contribution >= 4 is 42.4 Å². The third kappa shape index (κ3) is 2.33. The molecule has 5 heteroatoms. The molecule has 0 spiro atoms. The third-order valence-electron chi connectivity index (χ3n) is 3.76. The van der Waals surface area contributed by atoms with E-state index in [2.05, 4.69) is 0 Å². The maximum atomic E-state index is 11.4. The van der Waals surface area contributed by atoms with E-state index in [-0.39, 0.29) is 56.3 Å². The normalized spacial score (nSPS) is 12.0. The zero-order chi connectivity index (χ0) is 13.9. The quantitative estimate of drug-likeness (QED) is 0.291. The van der Waals surface area contributed by atoms with Crippen LogP contribution in [0.15, 0.2) is 59.5 Å². The van der Waals surface area contributed by atoms with E-state index in [1.54, 1.807) is 12.1 Å². The van der Waals surface area contributed by atoms with Crippen LogP contribution in [0.2, 0.25) is 0 Å². The fourth-order valence-corrected chi connectivity index (χ4v) is 3.60. The summed E-state index contributed by atoms with van der Waals surface area (Å²) in [6, 6.07) is 16.6. The van der Waals surface area contributed by atoms with Crippen LogP contribution in [0.1, 0.15) is 0 Å². The van der Waals surface area contributed by atoms with Crippen LogP contribution in [0.3, 0.4) is 0 Å². The molecule has 4 rings (SSSR count). The van der Waals surface area contributed by atoms with Gasteiger partial charge in [-0.2, -0.15) is 0 Å². The second-order valence-electron chi connectivity index (χ2n) is 4.87. The van der Waals surface area contributed by atoms with Crippen molar-refractivity contribution in [3.8, 4) is 0 Å². The Labute approximate surface area is 164 Å². The largest absolute Gasteiger partial charge is 1.00 e. The van der Waals surface area contributed by atoms with Gasteiger partial charge in [0.2, 0.25) is 0 Å². The van der Waals surface area contributed by atoms with Crippen LogP contribution in [-0.2, 0) is 10.1 Å². The van der Waals surface area contributed by atoms with Gasteiger partial charge in [0.1, 0.15) is 10.1 Å². The van der Waals surface area contributed by atoms with Crippen LogP contribution in [-0.4, -0.2) is 13.0 Å². The summed E-state index contributed by atoms with van der Waals surface area (Å²) in [6.07, 6.45) is 0. The maximum Gasteiger partial charge on any atom is 1.00 e. The summed E-state index contributed by atoms with van der Waals surface area (Å²) in [5.74, 6) is 0. The van der Waals surface area contributed by atoms with Crippen LogP contribution in [0.5, 0.6) is 0 Å². The van der Waals surface area contributed by atoms with E-state index in [4.69, 9.17) is 0 Å². The minimum atomic E-state index is -4.48. The monoisotopic (exact) mass is 320 g/mol. The predicted molar refractivity (Wildman–Crippen MR) is 78.1 cm³/mol. The van der Waals surface area contributed by atoms with Gasteiger partial charge in [0, 0.05) is 5.39 Å².